The number of hydrogen-bond donors (Lipinski definition) is 2. The van der Waals surface area contributed by atoms with Crippen molar-refractivity contribution in [3.63, 3.8) is 0 Å². The minimum absolute atomic E-state index is 0.0632. The monoisotopic (exact) mass is 371 g/mol. The van der Waals surface area contributed by atoms with Gasteiger partial charge in [-0.2, -0.15) is 0 Å². The molecule has 0 spiro atoms. The summed E-state index contributed by atoms with van der Waals surface area (Å²) in [5, 5.41) is 23.6. The zero-order valence-corrected chi connectivity index (χ0v) is 14.7. The van der Waals surface area contributed by atoms with Crippen molar-refractivity contribution in [2.75, 3.05) is 18.5 Å². The van der Waals surface area contributed by atoms with E-state index >= 15 is 0 Å². The van der Waals surface area contributed by atoms with E-state index < -0.39 is 11.0 Å². The van der Waals surface area contributed by atoms with Gasteiger partial charge in [0.05, 0.1) is 17.6 Å². The number of urea groups is 1. The summed E-state index contributed by atoms with van der Waals surface area (Å²) < 4.78 is 5.63. The summed E-state index contributed by atoms with van der Waals surface area (Å²) in [7, 11) is 0. The van der Waals surface area contributed by atoms with Crippen LogP contribution in [0, 0.1) is 10.1 Å². The highest BCUT2D eigenvalue weighted by atomic mass is 16.6. The Bertz CT molecular complexity index is 820. The highest BCUT2D eigenvalue weighted by molar-refractivity contribution is 5.89. The predicted octanol–water partition coefficient (Wildman–Crippen LogP) is 3.51. The molecule has 1 aliphatic rings. The molecule has 0 bridgehead atoms. The molecule has 3 rings (SSSR count). The molecule has 1 saturated heterocycles. The summed E-state index contributed by atoms with van der Waals surface area (Å²) >= 11 is 0. The third-order valence-corrected chi connectivity index (χ3v) is 4.40. The number of ether oxygens (including phenoxy) is 1. The number of nitrogens with one attached hydrogen (secondary N) is 1. The minimum Gasteiger partial charge on any atom is -0.508 e. The molecule has 27 heavy (non-hydrogen) atoms. The van der Waals surface area contributed by atoms with Crippen LogP contribution in [0.15, 0.2) is 48.5 Å². The van der Waals surface area contributed by atoms with E-state index in [9.17, 15) is 20.0 Å². The van der Waals surface area contributed by atoms with Gasteiger partial charge < -0.3 is 20.1 Å². The molecule has 8 nitrogen and oxygen atoms in total. The van der Waals surface area contributed by atoms with E-state index in [0.29, 0.717) is 24.4 Å². The molecule has 1 atom stereocenters. The molecular formula is C19H21N3O5. The number of carbonyl (C=O) groups excluding carboxylic acids is 1. The third kappa shape index (κ3) is 4.95. The smallest absolute Gasteiger partial charge is 0.322 e. The number of carbonyl (C=O) groups is 1. The molecule has 1 heterocycles. The second-order valence-corrected chi connectivity index (χ2v) is 6.38. The number of amides is 2. The number of hydrogen-bond acceptors (Lipinski definition) is 5. The van der Waals surface area contributed by atoms with Crippen molar-refractivity contribution < 1.29 is 19.6 Å². The lowest BCUT2D eigenvalue weighted by Crippen LogP contribution is -2.39. The number of phenols is 1. The lowest BCUT2D eigenvalue weighted by molar-refractivity contribution is -0.384. The third-order valence-electron chi connectivity index (χ3n) is 4.40. The number of para-hydroxylation sites is 1. The summed E-state index contributed by atoms with van der Waals surface area (Å²) in [4.78, 5) is 24.8. The van der Waals surface area contributed by atoms with Gasteiger partial charge in [0.2, 0.25) is 0 Å². The number of anilines is 1. The first kappa shape index (κ1) is 18.7. The molecule has 2 aromatic carbocycles. The molecule has 1 aliphatic heterocycles. The fraction of sp³-hybridized carbons (Fsp3) is 0.316. The van der Waals surface area contributed by atoms with E-state index in [-0.39, 0.29) is 24.1 Å². The van der Waals surface area contributed by atoms with Crippen LogP contribution in [0.3, 0.4) is 0 Å². The summed E-state index contributed by atoms with van der Waals surface area (Å²) in [6.07, 6.45) is 1.75. The summed E-state index contributed by atoms with van der Waals surface area (Å²) in [6.45, 7) is 1.24. The number of phenolic OH excluding ortho intramolecular Hbond substituents is 1. The molecule has 2 aromatic rings. The zero-order valence-electron chi connectivity index (χ0n) is 14.7. The molecule has 2 amide bonds. The van der Waals surface area contributed by atoms with E-state index in [2.05, 4.69) is 5.32 Å². The minimum atomic E-state index is -0.512. The Balaban J connectivity index is 1.76. The average molecular weight is 371 g/mol. The number of benzene rings is 2. The van der Waals surface area contributed by atoms with Crippen molar-refractivity contribution in [1.82, 2.24) is 4.90 Å². The Morgan fingerprint density at radius 1 is 1.30 bits per heavy atom. The quantitative estimate of drug-likeness (QED) is 0.597. The second-order valence-electron chi connectivity index (χ2n) is 6.38. The normalized spacial score (nSPS) is 16.1. The van der Waals surface area contributed by atoms with E-state index in [0.717, 1.165) is 12.8 Å². The van der Waals surface area contributed by atoms with Gasteiger partial charge in [-0.05, 0) is 25.0 Å². The van der Waals surface area contributed by atoms with E-state index in [1.807, 2.05) is 0 Å². The van der Waals surface area contributed by atoms with Gasteiger partial charge in [-0.3, -0.25) is 10.1 Å². The van der Waals surface area contributed by atoms with Gasteiger partial charge in [0.25, 0.3) is 5.69 Å². The molecule has 0 radical (unpaired) electrons. The SMILES string of the molecule is O=C(Nc1cccc([N+](=O)[O-])c1)N(Cc1ccccc1O)C[C@H]1CCCO1. The number of aromatic hydroxyl groups is 1. The molecule has 142 valence electrons. The fourth-order valence-corrected chi connectivity index (χ4v) is 3.00. The van der Waals surface area contributed by atoms with Crippen molar-refractivity contribution in [3.8, 4) is 5.75 Å². The van der Waals surface area contributed by atoms with Crippen LogP contribution in [-0.2, 0) is 11.3 Å². The standard InChI is InChI=1S/C19H21N3O5/c23-18-9-2-1-5-14(18)12-21(13-17-8-4-10-27-17)19(24)20-15-6-3-7-16(11-15)22(25)26/h1-3,5-7,9,11,17,23H,4,8,10,12-13H2,(H,20,24)/t17-/m1/s1. The van der Waals surface area contributed by atoms with Crippen molar-refractivity contribution in [2.45, 2.75) is 25.5 Å². The van der Waals surface area contributed by atoms with Gasteiger partial charge in [-0.1, -0.05) is 24.3 Å². The van der Waals surface area contributed by atoms with E-state index in [1.54, 1.807) is 35.2 Å². The number of rotatable bonds is 6. The van der Waals surface area contributed by atoms with Crippen LogP contribution in [0.2, 0.25) is 0 Å². The van der Waals surface area contributed by atoms with Crippen molar-refractivity contribution in [1.29, 1.82) is 0 Å². The van der Waals surface area contributed by atoms with Crippen molar-refractivity contribution in [3.05, 3.63) is 64.2 Å². The van der Waals surface area contributed by atoms with Crippen LogP contribution in [0.5, 0.6) is 5.75 Å². The number of nitrogens with zero attached hydrogens (tertiary/aromatic N) is 2. The molecule has 1 fully saturated rings. The first-order chi connectivity index (χ1) is 13.0. The maximum absolute atomic E-state index is 12.8. The summed E-state index contributed by atoms with van der Waals surface area (Å²) in [6, 6.07) is 12.2. The number of nitro groups is 1. The molecule has 0 unspecified atom stereocenters. The first-order valence-corrected chi connectivity index (χ1v) is 8.72. The lowest BCUT2D eigenvalue weighted by atomic mass is 10.1. The predicted molar refractivity (Wildman–Crippen MR) is 99.6 cm³/mol. The largest absolute Gasteiger partial charge is 0.508 e. The van der Waals surface area contributed by atoms with Crippen molar-refractivity contribution in [2.24, 2.45) is 0 Å². The van der Waals surface area contributed by atoms with Gasteiger partial charge >= 0.3 is 6.03 Å². The van der Waals surface area contributed by atoms with Gasteiger partial charge in [0.15, 0.2) is 0 Å². The Morgan fingerprint density at radius 3 is 2.81 bits per heavy atom. The Morgan fingerprint density at radius 2 is 2.11 bits per heavy atom. The van der Waals surface area contributed by atoms with Crippen LogP contribution < -0.4 is 5.32 Å². The number of nitro benzene ring substituents is 1. The van der Waals surface area contributed by atoms with Gasteiger partial charge in [-0.15, -0.1) is 0 Å². The Labute approximate surface area is 156 Å². The first-order valence-electron chi connectivity index (χ1n) is 8.72. The lowest BCUT2D eigenvalue weighted by Gasteiger charge is -2.26. The van der Waals surface area contributed by atoms with Crippen molar-refractivity contribution >= 4 is 17.4 Å². The van der Waals surface area contributed by atoms with Crippen LogP contribution in [0.25, 0.3) is 0 Å². The van der Waals surface area contributed by atoms with Crippen LogP contribution in [0.4, 0.5) is 16.2 Å². The molecule has 0 aromatic heterocycles. The molecule has 8 heteroatoms. The molecule has 2 N–H and O–H groups in total. The maximum Gasteiger partial charge on any atom is 0.322 e. The van der Waals surface area contributed by atoms with Gasteiger partial charge in [-0.25, -0.2) is 4.79 Å². The maximum atomic E-state index is 12.8. The Hall–Kier alpha value is -3.13. The van der Waals surface area contributed by atoms with Gasteiger partial charge in [0, 0.05) is 36.5 Å². The van der Waals surface area contributed by atoms with Crippen LogP contribution >= 0.6 is 0 Å². The van der Waals surface area contributed by atoms with Crippen LogP contribution in [0.1, 0.15) is 18.4 Å². The highest BCUT2D eigenvalue weighted by Gasteiger charge is 2.24. The molecule has 0 saturated carbocycles. The number of non-ortho nitro benzene ring substituents is 1. The average Bonchev–Trinajstić information content (AvgIpc) is 3.16. The Kier molecular flexibility index (Phi) is 5.87. The fourth-order valence-electron chi connectivity index (χ4n) is 3.00. The molecular weight excluding hydrogens is 350 g/mol. The molecule has 0 aliphatic carbocycles. The second kappa shape index (κ2) is 8.50. The van der Waals surface area contributed by atoms with E-state index in [1.165, 1.54) is 18.2 Å². The topological polar surface area (TPSA) is 105 Å². The zero-order chi connectivity index (χ0) is 19.2. The van der Waals surface area contributed by atoms with E-state index in [4.69, 9.17) is 4.74 Å². The van der Waals surface area contributed by atoms with Crippen LogP contribution in [-0.4, -0.2) is 40.2 Å². The summed E-state index contributed by atoms with van der Waals surface area (Å²) in [5.74, 6) is 0.109. The summed E-state index contributed by atoms with van der Waals surface area (Å²) in [5.41, 5.74) is 0.854. The van der Waals surface area contributed by atoms with Gasteiger partial charge in [0.1, 0.15) is 5.75 Å². The highest BCUT2D eigenvalue weighted by Crippen LogP contribution is 2.22.